The van der Waals surface area contributed by atoms with Gasteiger partial charge >= 0.3 is 0 Å². The van der Waals surface area contributed by atoms with Crippen LogP contribution in [0.2, 0.25) is 0 Å². The minimum absolute atomic E-state index is 0.307. The number of aromatic nitrogens is 1. The van der Waals surface area contributed by atoms with Crippen LogP contribution in [-0.2, 0) is 4.79 Å². The maximum absolute atomic E-state index is 11.7. The van der Waals surface area contributed by atoms with E-state index in [1.165, 1.54) is 6.08 Å². The van der Waals surface area contributed by atoms with Gasteiger partial charge in [-0.2, -0.15) is 0 Å². The van der Waals surface area contributed by atoms with Gasteiger partial charge in [-0.3, -0.25) is 4.79 Å². The van der Waals surface area contributed by atoms with E-state index in [0.29, 0.717) is 29.6 Å². The number of nitrogens with two attached hydrogens (primary N) is 1. The van der Waals surface area contributed by atoms with Gasteiger partial charge < -0.3 is 20.3 Å². The number of hydrogen-bond acceptors (Lipinski definition) is 5. The average Bonchev–Trinajstić information content (AvgIpc) is 2.89. The lowest BCUT2D eigenvalue weighted by Crippen LogP contribution is -2.07. The number of carbonyl (C=O) groups excluding carboxylic acids is 1. The number of nitrogen functional groups attached to an aromatic ring is 1. The Morgan fingerprint density at radius 2 is 2.32 bits per heavy atom. The number of nitrogens with zero attached hydrogens (tertiary/aromatic N) is 1. The Morgan fingerprint density at radius 3 is 2.95 bits per heavy atom. The van der Waals surface area contributed by atoms with E-state index < -0.39 is 0 Å². The van der Waals surface area contributed by atoms with Gasteiger partial charge in [0.1, 0.15) is 18.1 Å². The van der Waals surface area contributed by atoms with Crippen molar-refractivity contribution in [1.82, 2.24) is 5.16 Å². The Hall–Kier alpha value is -3.02. The van der Waals surface area contributed by atoms with Crippen LogP contribution in [0.5, 0.6) is 5.75 Å². The molecule has 0 saturated heterocycles. The van der Waals surface area contributed by atoms with Gasteiger partial charge in [-0.1, -0.05) is 23.9 Å². The van der Waals surface area contributed by atoms with E-state index in [4.69, 9.17) is 15.0 Å². The number of rotatable bonds is 6. The van der Waals surface area contributed by atoms with E-state index >= 15 is 0 Å². The molecule has 0 radical (unpaired) electrons. The van der Waals surface area contributed by atoms with E-state index in [9.17, 15) is 4.79 Å². The summed E-state index contributed by atoms with van der Waals surface area (Å²) in [7, 11) is 0. The highest BCUT2D eigenvalue weighted by Gasteiger charge is 2.03. The topological polar surface area (TPSA) is 90.4 Å². The maximum Gasteiger partial charge on any atom is 0.249 e. The summed E-state index contributed by atoms with van der Waals surface area (Å²) in [6.07, 6.45) is 4.68. The van der Waals surface area contributed by atoms with Crippen molar-refractivity contribution in [2.24, 2.45) is 0 Å². The quantitative estimate of drug-likeness (QED) is 0.486. The van der Waals surface area contributed by atoms with Crippen molar-refractivity contribution >= 4 is 23.5 Å². The minimum atomic E-state index is -0.307. The smallest absolute Gasteiger partial charge is 0.249 e. The van der Waals surface area contributed by atoms with Crippen molar-refractivity contribution < 1.29 is 14.1 Å². The van der Waals surface area contributed by atoms with Crippen molar-refractivity contribution in [3.8, 4) is 5.75 Å². The average molecular weight is 299 g/mol. The second kappa shape index (κ2) is 7.12. The molecule has 6 nitrogen and oxygen atoms in total. The van der Waals surface area contributed by atoms with Gasteiger partial charge in [0.2, 0.25) is 5.91 Å². The van der Waals surface area contributed by atoms with E-state index in [0.717, 1.165) is 5.56 Å². The van der Waals surface area contributed by atoms with E-state index in [2.05, 4.69) is 17.1 Å². The number of carbonyl (C=O) groups is 1. The van der Waals surface area contributed by atoms with E-state index in [-0.39, 0.29) is 5.91 Å². The molecule has 0 fully saturated rings. The van der Waals surface area contributed by atoms with Crippen molar-refractivity contribution in [2.45, 2.75) is 6.92 Å². The first-order valence-electron chi connectivity index (χ1n) is 6.64. The molecule has 0 aliphatic heterocycles. The molecule has 22 heavy (non-hydrogen) atoms. The maximum atomic E-state index is 11.7. The Bertz CT molecular complexity index is 704. The number of benzene rings is 1. The van der Waals surface area contributed by atoms with Gasteiger partial charge in [0, 0.05) is 12.1 Å². The molecule has 1 amide bonds. The highest BCUT2D eigenvalue weighted by molar-refractivity contribution is 6.01. The monoisotopic (exact) mass is 299 g/mol. The van der Waals surface area contributed by atoms with Crippen molar-refractivity contribution in [3.05, 3.63) is 54.3 Å². The van der Waals surface area contributed by atoms with Crippen molar-refractivity contribution in [1.29, 1.82) is 0 Å². The molecule has 1 heterocycles. The summed E-state index contributed by atoms with van der Waals surface area (Å²) >= 11 is 0. The van der Waals surface area contributed by atoms with Gasteiger partial charge in [-0.25, -0.2) is 0 Å². The van der Waals surface area contributed by atoms with Crippen LogP contribution in [0.25, 0.3) is 6.08 Å². The first kappa shape index (κ1) is 15.4. The summed E-state index contributed by atoms with van der Waals surface area (Å²) in [6.45, 7) is 5.71. The summed E-state index contributed by atoms with van der Waals surface area (Å²) in [6, 6.07) is 6.91. The van der Waals surface area contributed by atoms with Gasteiger partial charge in [0.25, 0.3) is 0 Å². The molecule has 6 heteroatoms. The third-order valence-corrected chi connectivity index (χ3v) is 2.70. The molecule has 0 saturated carbocycles. The summed E-state index contributed by atoms with van der Waals surface area (Å²) in [5.41, 5.74) is 7.16. The molecule has 1 aromatic heterocycles. The summed E-state index contributed by atoms with van der Waals surface area (Å²) in [4.78, 5) is 11.7. The minimum Gasteiger partial charge on any atom is -0.487 e. The molecule has 0 bridgehead atoms. The molecule has 2 rings (SSSR count). The third kappa shape index (κ3) is 4.24. The predicted molar refractivity (Wildman–Crippen MR) is 85.5 cm³/mol. The van der Waals surface area contributed by atoms with Gasteiger partial charge in [0.05, 0.1) is 5.69 Å². The number of hydrogen-bond donors (Lipinski definition) is 2. The van der Waals surface area contributed by atoms with Crippen LogP contribution in [0.1, 0.15) is 11.3 Å². The van der Waals surface area contributed by atoms with Crippen LogP contribution in [0.3, 0.4) is 0 Å². The van der Waals surface area contributed by atoms with Crippen LogP contribution in [0.4, 0.5) is 11.5 Å². The third-order valence-electron chi connectivity index (χ3n) is 2.70. The predicted octanol–water partition coefficient (Wildman–Crippen LogP) is 2.78. The zero-order valence-corrected chi connectivity index (χ0v) is 12.2. The van der Waals surface area contributed by atoms with Crippen LogP contribution < -0.4 is 15.8 Å². The number of amides is 1. The molecule has 0 atom stereocenters. The van der Waals surface area contributed by atoms with E-state index in [1.807, 2.05) is 0 Å². The van der Waals surface area contributed by atoms with Crippen LogP contribution >= 0.6 is 0 Å². The van der Waals surface area contributed by atoms with Crippen LogP contribution in [-0.4, -0.2) is 17.7 Å². The Morgan fingerprint density at radius 1 is 1.50 bits per heavy atom. The molecular weight excluding hydrogens is 282 g/mol. The van der Waals surface area contributed by atoms with E-state index in [1.54, 1.807) is 43.3 Å². The SMILES string of the molecule is C=CCOc1ccc(/C=C\C(=O)Nc2cc(C)on2)cc1N. The fourth-order valence-corrected chi connectivity index (χ4v) is 1.72. The number of nitrogens with one attached hydrogen (secondary N) is 1. The van der Waals surface area contributed by atoms with Crippen molar-refractivity contribution in [2.75, 3.05) is 17.7 Å². The standard InChI is InChI=1S/C16H17N3O3/c1-3-8-21-14-6-4-12(10-13(14)17)5-7-16(20)18-15-9-11(2)22-19-15/h3-7,9-10H,1,8,17H2,2H3,(H,18,19,20)/b7-5-. The first-order chi connectivity index (χ1) is 10.6. The molecule has 1 aromatic carbocycles. The van der Waals surface area contributed by atoms with Gasteiger partial charge in [0.15, 0.2) is 5.82 Å². The van der Waals surface area contributed by atoms with Crippen molar-refractivity contribution in [3.63, 3.8) is 0 Å². The highest BCUT2D eigenvalue weighted by atomic mass is 16.5. The molecule has 0 aliphatic carbocycles. The number of ether oxygens (including phenoxy) is 1. The van der Waals surface area contributed by atoms with Crippen LogP contribution in [0.15, 0.2) is 47.5 Å². The van der Waals surface area contributed by atoms with Gasteiger partial charge in [-0.05, 0) is 30.7 Å². The largest absolute Gasteiger partial charge is 0.487 e. The second-order valence-electron chi connectivity index (χ2n) is 4.54. The molecule has 0 unspecified atom stereocenters. The zero-order valence-electron chi connectivity index (χ0n) is 12.2. The molecule has 3 N–H and O–H groups in total. The van der Waals surface area contributed by atoms with Gasteiger partial charge in [-0.15, -0.1) is 0 Å². The summed E-state index contributed by atoms with van der Waals surface area (Å²) in [5, 5.41) is 6.27. The highest BCUT2D eigenvalue weighted by Crippen LogP contribution is 2.23. The Kier molecular flexibility index (Phi) is 4.98. The molecule has 2 aromatic rings. The summed E-state index contributed by atoms with van der Waals surface area (Å²) < 4.78 is 10.2. The molecule has 0 spiro atoms. The first-order valence-corrected chi connectivity index (χ1v) is 6.64. The second-order valence-corrected chi connectivity index (χ2v) is 4.54. The molecule has 114 valence electrons. The normalized spacial score (nSPS) is 10.6. The lowest BCUT2D eigenvalue weighted by Gasteiger charge is -2.07. The van der Waals surface area contributed by atoms with Crippen LogP contribution in [0, 0.1) is 6.92 Å². The summed E-state index contributed by atoms with van der Waals surface area (Å²) in [5.74, 6) is 1.28. The lowest BCUT2D eigenvalue weighted by atomic mass is 10.1. The number of anilines is 2. The molecular formula is C16H17N3O3. The Balaban J connectivity index is 1.98. The lowest BCUT2D eigenvalue weighted by molar-refractivity contribution is -0.111. The number of aryl methyl sites for hydroxylation is 1. The fraction of sp³-hybridized carbons (Fsp3) is 0.125. The fourth-order valence-electron chi connectivity index (χ4n) is 1.72. The Labute approximate surface area is 128 Å². The molecule has 0 aliphatic rings. The zero-order chi connectivity index (χ0) is 15.9.